The molecule has 2 aromatic heterocycles. The number of aromatic nitrogens is 3. The number of para-hydroxylation sites is 2. The molecule has 128 valence electrons. The Morgan fingerprint density at radius 1 is 1.16 bits per heavy atom. The summed E-state index contributed by atoms with van der Waals surface area (Å²) in [7, 11) is 0. The molecule has 1 amide bonds. The minimum Gasteiger partial charge on any atom is -0.506 e. The van der Waals surface area contributed by atoms with Crippen LogP contribution in [0.25, 0.3) is 11.0 Å². The first-order valence-corrected chi connectivity index (χ1v) is 8.28. The summed E-state index contributed by atoms with van der Waals surface area (Å²) in [6, 6.07) is 9.44. The van der Waals surface area contributed by atoms with Crippen molar-refractivity contribution in [3.8, 4) is 5.75 Å². The van der Waals surface area contributed by atoms with Gasteiger partial charge in [0.25, 0.3) is 5.91 Å². The zero-order chi connectivity index (χ0) is 17.2. The molecule has 1 aromatic carbocycles. The number of piperazine rings is 1. The number of amides is 1. The van der Waals surface area contributed by atoms with Crippen molar-refractivity contribution < 1.29 is 9.90 Å². The molecule has 0 spiro atoms. The lowest BCUT2D eigenvalue weighted by Gasteiger charge is -2.34. The molecule has 2 N–H and O–H groups in total. The highest BCUT2D eigenvalue weighted by molar-refractivity contribution is 5.94. The highest BCUT2D eigenvalue weighted by Gasteiger charge is 2.23. The second kappa shape index (κ2) is 6.52. The topological polar surface area (TPSA) is 85.3 Å². The van der Waals surface area contributed by atoms with Crippen molar-refractivity contribution in [3.05, 3.63) is 54.1 Å². The van der Waals surface area contributed by atoms with Crippen molar-refractivity contribution in [1.82, 2.24) is 24.8 Å². The van der Waals surface area contributed by atoms with Gasteiger partial charge >= 0.3 is 0 Å². The fourth-order valence-corrected chi connectivity index (χ4v) is 3.13. The van der Waals surface area contributed by atoms with Gasteiger partial charge in [0.05, 0.1) is 29.3 Å². The summed E-state index contributed by atoms with van der Waals surface area (Å²) in [5.74, 6) is 0.860. The highest BCUT2D eigenvalue weighted by atomic mass is 16.3. The van der Waals surface area contributed by atoms with E-state index in [1.54, 1.807) is 4.90 Å². The minimum atomic E-state index is -0.0909. The predicted octanol–water partition coefficient (Wildman–Crippen LogP) is 1.62. The number of benzene rings is 1. The summed E-state index contributed by atoms with van der Waals surface area (Å²) in [5, 5.41) is 9.47. The Hall–Kier alpha value is -2.93. The third kappa shape index (κ3) is 3.32. The molecule has 7 nitrogen and oxygen atoms in total. The molecule has 7 heteroatoms. The molecule has 0 saturated carbocycles. The second-order valence-electron chi connectivity index (χ2n) is 6.20. The smallest absolute Gasteiger partial charge is 0.255 e. The molecule has 1 saturated heterocycles. The van der Waals surface area contributed by atoms with Crippen molar-refractivity contribution in [2.75, 3.05) is 26.2 Å². The van der Waals surface area contributed by atoms with Crippen molar-refractivity contribution in [1.29, 1.82) is 0 Å². The highest BCUT2D eigenvalue weighted by Crippen LogP contribution is 2.15. The van der Waals surface area contributed by atoms with Crippen molar-refractivity contribution in [2.45, 2.75) is 6.54 Å². The Bertz CT molecular complexity index is 866. The molecule has 1 aliphatic heterocycles. The lowest BCUT2D eigenvalue weighted by Crippen LogP contribution is -2.48. The van der Waals surface area contributed by atoms with E-state index in [0.29, 0.717) is 18.7 Å². The number of nitrogens with zero attached hydrogens (tertiary/aromatic N) is 4. The first kappa shape index (κ1) is 15.6. The maximum Gasteiger partial charge on any atom is 0.255 e. The molecule has 1 fully saturated rings. The number of carbonyl (C=O) groups excluding carboxylic acids is 1. The normalized spacial score (nSPS) is 15.6. The molecule has 1 aliphatic rings. The molecule has 0 unspecified atom stereocenters. The van der Waals surface area contributed by atoms with E-state index < -0.39 is 0 Å². The number of aromatic amines is 1. The van der Waals surface area contributed by atoms with Gasteiger partial charge in [-0.2, -0.15) is 0 Å². The lowest BCUT2D eigenvalue weighted by molar-refractivity contribution is 0.0625. The van der Waals surface area contributed by atoms with Crippen LogP contribution in [0.1, 0.15) is 16.2 Å². The molecule has 4 rings (SSSR count). The molecule has 0 aliphatic carbocycles. The number of fused-ring (bicyclic) bond motifs is 1. The third-order valence-corrected chi connectivity index (χ3v) is 4.44. The van der Waals surface area contributed by atoms with E-state index in [1.165, 1.54) is 18.5 Å². The van der Waals surface area contributed by atoms with Crippen LogP contribution in [0.3, 0.4) is 0 Å². The maximum absolute atomic E-state index is 12.5. The Morgan fingerprint density at radius 2 is 1.96 bits per heavy atom. The largest absolute Gasteiger partial charge is 0.506 e. The molecule has 0 bridgehead atoms. The number of pyridine rings is 1. The van der Waals surface area contributed by atoms with Gasteiger partial charge < -0.3 is 15.0 Å². The van der Waals surface area contributed by atoms with Crippen LogP contribution in [0.2, 0.25) is 0 Å². The second-order valence-corrected chi connectivity index (χ2v) is 6.20. The standard InChI is InChI=1S/C18H19N5O2/c24-14-9-13(10-19-11-14)18(25)23-7-5-22(6-8-23)12-17-20-15-3-1-2-4-16(15)21-17/h1-4,9-11,24H,5-8,12H2,(H,20,21). The van der Waals surface area contributed by atoms with Crippen LogP contribution in [0.15, 0.2) is 42.7 Å². The Kier molecular flexibility index (Phi) is 4.07. The average molecular weight is 337 g/mol. The molecule has 3 heterocycles. The summed E-state index contributed by atoms with van der Waals surface area (Å²) < 4.78 is 0. The minimum absolute atomic E-state index is 0.00868. The van der Waals surface area contributed by atoms with E-state index >= 15 is 0 Å². The first-order chi connectivity index (χ1) is 12.2. The van der Waals surface area contributed by atoms with E-state index in [0.717, 1.165) is 36.5 Å². The van der Waals surface area contributed by atoms with Gasteiger partial charge in [0.1, 0.15) is 11.6 Å². The quantitative estimate of drug-likeness (QED) is 0.759. The number of aromatic hydroxyl groups is 1. The molecule has 0 atom stereocenters. The number of hydrogen-bond acceptors (Lipinski definition) is 5. The van der Waals surface area contributed by atoms with Crippen molar-refractivity contribution >= 4 is 16.9 Å². The lowest BCUT2D eigenvalue weighted by atomic mass is 10.2. The van der Waals surface area contributed by atoms with Crippen LogP contribution in [-0.4, -0.2) is 61.9 Å². The Morgan fingerprint density at radius 3 is 2.72 bits per heavy atom. The SMILES string of the molecule is O=C(c1cncc(O)c1)N1CCN(Cc2nc3ccccc3[nH]2)CC1. The molecule has 25 heavy (non-hydrogen) atoms. The summed E-state index contributed by atoms with van der Waals surface area (Å²) in [5.41, 5.74) is 2.44. The average Bonchev–Trinajstić information content (AvgIpc) is 3.04. The Balaban J connectivity index is 1.37. The summed E-state index contributed by atoms with van der Waals surface area (Å²) in [6.07, 6.45) is 2.81. The zero-order valence-electron chi connectivity index (χ0n) is 13.7. The summed E-state index contributed by atoms with van der Waals surface area (Å²) >= 11 is 0. The van der Waals surface area contributed by atoms with E-state index in [-0.39, 0.29) is 11.7 Å². The van der Waals surface area contributed by atoms with E-state index in [2.05, 4.69) is 19.9 Å². The molecule has 0 radical (unpaired) electrons. The summed E-state index contributed by atoms with van der Waals surface area (Å²) in [4.78, 5) is 28.4. The maximum atomic E-state index is 12.5. The van der Waals surface area contributed by atoms with Crippen LogP contribution in [0.5, 0.6) is 5.75 Å². The van der Waals surface area contributed by atoms with Crippen molar-refractivity contribution in [2.24, 2.45) is 0 Å². The van der Waals surface area contributed by atoms with Crippen LogP contribution in [-0.2, 0) is 6.54 Å². The van der Waals surface area contributed by atoms with Gasteiger partial charge in [-0.15, -0.1) is 0 Å². The summed E-state index contributed by atoms with van der Waals surface area (Å²) in [6.45, 7) is 3.61. The number of hydrogen-bond donors (Lipinski definition) is 2. The molecular formula is C18H19N5O2. The van der Waals surface area contributed by atoms with Gasteiger partial charge in [0.2, 0.25) is 0 Å². The molecular weight excluding hydrogens is 318 g/mol. The fraction of sp³-hybridized carbons (Fsp3) is 0.278. The van der Waals surface area contributed by atoms with Gasteiger partial charge in [-0.1, -0.05) is 12.1 Å². The van der Waals surface area contributed by atoms with Crippen LogP contribution >= 0.6 is 0 Å². The van der Waals surface area contributed by atoms with Gasteiger partial charge in [-0.25, -0.2) is 4.98 Å². The van der Waals surface area contributed by atoms with Crippen LogP contribution in [0, 0.1) is 0 Å². The number of imidazole rings is 1. The van der Waals surface area contributed by atoms with Gasteiger partial charge in [0.15, 0.2) is 0 Å². The number of nitrogens with one attached hydrogen (secondary N) is 1. The van der Waals surface area contributed by atoms with Crippen LogP contribution < -0.4 is 0 Å². The van der Waals surface area contributed by atoms with E-state index in [4.69, 9.17) is 0 Å². The number of rotatable bonds is 3. The third-order valence-electron chi connectivity index (χ3n) is 4.44. The van der Waals surface area contributed by atoms with Crippen molar-refractivity contribution in [3.63, 3.8) is 0 Å². The van der Waals surface area contributed by atoms with Gasteiger partial charge in [-0.05, 0) is 18.2 Å². The zero-order valence-corrected chi connectivity index (χ0v) is 13.7. The monoisotopic (exact) mass is 337 g/mol. The van der Waals surface area contributed by atoms with Crippen LogP contribution in [0.4, 0.5) is 0 Å². The Labute approximate surface area is 144 Å². The van der Waals surface area contributed by atoms with Gasteiger partial charge in [-0.3, -0.25) is 14.7 Å². The van der Waals surface area contributed by atoms with E-state index in [9.17, 15) is 9.90 Å². The number of H-pyrrole nitrogens is 1. The predicted molar refractivity (Wildman–Crippen MR) is 93.2 cm³/mol. The fourth-order valence-electron chi connectivity index (χ4n) is 3.13. The first-order valence-electron chi connectivity index (χ1n) is 8.28. The van der Waals surface area contributed by atoms with Gasteiger partial charge in [0, 0.05) is 32.4 Å². The van der Waals surface area contributed by atoms with E-state index in [1.807, 2.05) is 24.3 Å². The molecule has 3 aromatic rings. The number of carbonyl (C=O) groups is 1.